The summed E-state index contributed by atoms with van der Waals surface area (Å²) in [6.45, 7) is 2.50. The zero-order valence-electron chi connectivity index (χ0n) is 26.9. The fourth-order valence-electron chi connectivity index (χ4n) is 4.78. The molecule has 2 amide bonds. The zero-order chi connectivity index (χ0) is 35.5. The fraction of sp³-hybridized carbons (Fsp3) is 0.294. The van der Waals surface area contributed by atoms with Crippen LogP contribution in [0.25, 0.3) is 16.8 Å². The second kappa shape index (κ2) is 17.1. The van der Waals surface area contributed by atoms with E-state index in [0.717, 1.165) is 28.5 Å². The normalized spacial score (nSPS) is 12.8. The van der Waals surface area contributed by atoms with Gasteiger partial charge in [-0.3, -0.25) is 9.78 Å². The van der Waals surface area contributed by atoms with E-state index in [0.29, 0.717) is 10.7 Å². The van der Waals surface area contributed by atoms with Crippen LogP contribution in [0.4, 0.5) is 4.79 Å². The Morgan fingerprint density at radius 1 is 0.918 bits per heavy atom. The lowest BCUT2D eigenvalue weighted by Gasteiger charge is -2.22. The number of aromatic nitrogens is 3. The lowest BCUT2D eigenvalue weighted by Crippen LogP contribution is -2.45. The standard InChI is InChI=1S/C34H36ClN5O9/c1-20(2)28(37-34(46)47-3)32(44)49-19-48-31(43)27(41)18-25(16-21-12-14-22(15-13-21)23-8-7-9-24(35)17-23)36-30(42)29-38-33(45)40(39-29)26-10-5-4-6-11-26/h4-15,17,20,25,27-28,41H,16,18-19H2,1-3H3,(H,36,42)(H,37,46)(H,38,39,45)/t25-,27-,28+/m1/s1. The number of esters is 2. The number of nitrogens with one attached hydrogen (secondary N) is 3. The van der Waals surface area contributed by atoms with Crippen LogP contribution in [0.1, 0.15) is 36.5 Å². The van der Waals surface area contributed by atoms with Gasteiger partial charge < -0.3 is 30.0 Å². The van der Waals surface area contributed by atoms with E-state index in [2.05, 4.69) is 25.5 Å². The number of carbonyl (C=O) groups excluding carboxylic acids is 4. The van der Waals surface area contributed by atoms with E-state index in [4.69, 9.17) is 21.1 Å². The van der Waals surface area contributed by atoms with E-state index in [1.54, 1.807) is 50.2 Å². The van der Waals surface area contributed by atoms with Crippen LogP contribution in [0.2, 0.25) is 5.02 Å². The molecule has 0 saturated heterocycles. The van der Waals surface area contributed by atoms with Gasteiger partial charge in [0.15, 0.2) is 6.10 Å². The summed E-state index contributed by atoms with van der Waals surface area (Å²) < 4.78 is 15.5. The number of halogens is 1. The van der Waals surface area contributed by atoms with Crippen molar-refractivity contribution in [3.8, 4) is 16.8 Å². The molecule has 0 aliphatic heterocycles. The third-order valence-corrected chi connectivity index (χ3v) is 7.56. The number of benzene rings is 3. The second-order valence-corrected chi connectivity index (χ2v) is 11.7. The number of methoxy groups -OCH3 is 1. The van der Waals surface area contributed by atoms with Crippen molar-refractivity contribution in [3.63, 3.8) is 0 Å². The summed E-state index contributed by atoms with van der Waals surface area (Å²) in [6, 6.07) is 21.3. The molecule has 0 spiro atoms. The molecule has 15 heteroatoms. The molecule has 0 aliphatic rings. The zero-order valence-corrected chi connectivity index (χ0v) is 27.7. The Morgan fingerprint density at radius 3 is 2.27 bits per heavy atom. The molecule has 49 heavy (non-hydrogen) atoms. The summed E-state index contributed by atoms with van der Waals surface area (Å²) in [4.78, 5) is 64.9. The molecule has 3 aromatic carbocycles. The minimum atomic E-state index is -1.75. The van der Waals surface area contributed by atoms with Gasteiger partial charge in [0.05, 0.1) is 12.8 Å². The van der Waals surface area contributed by atoms with E-state index in [1.807, 2.05) is 42.5 Å². The number of ether oxygens (including phenoxy) is 3. The van der Waals surface area contributed by atoms with Crippen LogP contribution in [0.5, 0.6) is 0 Å². The van der Waals surface area contributed by atoms with E-state index in [9.17, 15) is 29.1 Å². The van der Waals surface area contributed by atoms with Crippen LogP contribution in [-0.4, -0.2) is 75.9 Å². The van der Waals surface area contributed by atoms with E-state index in [1.165, 1.54) is 0 Å². The number of H-pyrrole nitrogens is 1. The molecule has 4 N–H and O–H groups in total. The first-order chi connectivity index (χ1) is 23.4. The van der Waals surface area contributed by atoms with E-state index < -0.39 is 54.6 Å². The Labute approximate surface area is 286 Å². The highest BCUT2D eigenvalue weighted by Crippen LogP contribution is 2.23. The number of hydrogen-bond donors (Lipinski definition) is 4. The molecule has 0 fully saturated rings. The Bertz CT molecular complexity index is 1810. The first-order valence-corrected chi connectivity index (χ1v) is 15.6. The molecule has 0 saturated carbocycles. The van der Waals surface area contributed by atoms with Crippen LogP contribution >= 0.6 is 11.6 Å². The SMILES string of the molecule is COC(=O)N[C@H](C(=O)OCOC(=O)[C@H](O)C[C@@H](Cc1ccc(-c2cccc(Cl)c2)cc1)NC(=O)c1nn(-c2ccccc2)c(=O)[nH]1)C(C)C. The van der Waals surface area contributed by atoms with Crippen molar-refractivity contribution >= 4 is 35.5 Å². The summed E-state index contributed by atoms with van der Waals surface area (Å²) in [6.07, 6.45) is -2.73. The molecule has 4 aromatic rings. The highest BCUT2D eigenvalue weighted by atomic mass is 35.5. The van der Waals surface area contributed by atoms with Gasteiger partial charge >= 0.3 is 23.7 Å². The number of nitrogens with zero attached hydrogens (tertiary/aromatic N) is 2. The molecular formula is C34H36ClN5O9. The quantitative estimate of drug-likeness (QED) is 0.112. The van der Waals surface area contributed by atoms with Crippen molar-refractivity contribution in [2.75, 3.05) is 13.9 Å². The molecule has 0 unspecified atom stereocenters. The van der Waals surface area contributed by atoms with Gasteiger partial charge in [-0.05, 0) is 53.3 Å². The highest BCUT2D eigenvalue weighted by molar-refractivity contribution is 6.30. The summed E-state index contributed by atoms with van der Waals surface area (Å²) in [5.41, 5.74) is 2.37. The van der Waals surface area contributed by atoms with Crippen molar-refractivity contribution in [3.05, 3.63) is 106 Å². The van der Waals surface area contributed by atoms with Crippen molar-refractivity contribution < 1.29 is 38.5 Å². The van der Waals surface area contributed by atoms with E-state index in [-0.39, 0.29) is 24.6 Å². The Hall–Kier alpha value is -5.47. The lowest BCUT2D eigenvalue weighted by molar-refractivity contribution is -0.175. The third kappa shape index (κ3) is 10.3. The maximum atomic E-state index is 13.3. The first-order valence-electron chi connectivity index (χ1n) is 15.2. The minimum Gasteiger partial charge on any atom is -0.453 e. The molecular weight excluding hydrogens is 658 g/mol. The van der Waals surface area contributed by atoms with Crippen LogP contribution < -0.4 is 16.3 Å². The molecule has 14 nitrogen and oxygen atoms in total. The van der Waals surface area contributed by atoms with Crippen LogP contribution in [0.3, 0.4) is 0 Å². The van der Waals surface area contributed by atoms with Crippen molar-refractivity contribution in [1.82, 2.24) is 25.4 Å². The molecule has 0 aliphatic carbocycles. The maximum absolute atomic E-state index is 13.3. The number of aliphatic hydroxyl groups is 1. The number of para-hydroxylation sites is 1. The monoisotopic (exact) mass is 693 g/mol. The molecule has 258 valence electrons. The maximum Gasteiger partial charge on any atom is 0.407 e. The van der Waals surface area contributed by atoms with Gasteiger partial charge in [0, 0.05) is 17.5 Å². The van der Waals surface area contributed by atoms with Crippen molar-refractivity contribution in [2.45, 2.75) is 44.9 Å². The lowest BCUT2D eigenvalue weighted by atomic mass is 9.97. The number of carbonyl (C=O) groups is 4. The number of rotatable bonds is 14. The predicted octanol–water partition coefficient (Wildman–Crippen LogP) is 3.40. The van der Waals surface area contributed by atoms with Gasteiger partial charge in [-0.25, -0.2) is 19.2 Å². The Morgan fingerprint density at radius 2 is 1.61 bits per heavy atom. The highest BCUT2D eigenvalue weighted by Gasteiger charge is 2.28. The predicted molar refractivity (Wildman–Crippen MR) is 178 cm³/mol. The fourth-order valence-corrected chi connectivity index (χ4v) is 4.98. The number of aliphatic hydroxyl groups excluding tert-OH is 1. The Kier molecular flexibility index (Phi) is 12.7. The number of aromatic amines is 1. The number of hydrogen-bond acceptors (Lipinski definition) is 10. The van der Waals surface area contributed by atoms with Crippen molar-refractivity contribution in [2.24, 2.45) is 5.92 Å². The summed E-state index contributed by atoms with van der Waals surface area (Å²) in [7, 11) is 1.14. The topological polar surface area (TPSA) is 191 Å². The third-order valence-electron chi connectivity index (χ3n) is 7.32. The van der Waals surface area contributed by atoms with Crippen LogP contribution in [0, 0.1) is 5.92 Å². The molecule has 1 heterocycles. The number of alkyl carbamates (subject to hydrolysis) is 1. The van der Waals surface area contributed by atoms with Gasteiger partial charge in [-0.2, -0.15) is 4.68 Å². The van der Waals surface area contributed by atoms with Gasteiger partial charge in [-0.15, -0.1) is 5.10 Å². The van der Waals surface area contributed by atoms with Gasteiger partial charge in [-0.1, -0.05) is 80.0 Å². The first kappa shape index (κ1) is 36.4. The minimum absolute atomic E-state index is 0.166. The van der Waals surface area contributed by atoms with Gasteiger partial charge in [0.25, 0.3) is 5.91 Å². The molecule has 0 radical (unpaired) electrons. The Balaban J connectivity index is 1.45. The average molecular weight is 694 g/mol. The van der Waals surface area contributed by atoms with Crippen LogP contribution in [0.15, 0.2) is 83.7 Å². The van der Waals surface area contributed by atoms with Gasteiger partial charge in [0.2, 0.25) is 12.6 Å². The summed E-state index contributed by atoms with van der Waals surface area (Å²) >= 11 is 6.14. The second-order valence-electron chi connectivity index (χ2n) is 11.3. The van der Waals surface area contributed by atoms with E-state index >= 15 is 0 Å². The smallest absolute Gasteiger partial charge is 0.407 e. The van der Waals surface area contributed by atoms with Crippen LogP contribution in [-0.2, 0) is 30.2 Å². The summed E-state index contributed by atoms with van der Waals surface area (Å²) in [5.74, 6) is -3.39. The molecule has 3 atom stereocenters. The number of amides is 2. The average Bonchev–Trinajstić information content (AvgIpc) is 3.49. The molecule has 1 aromatic heterocycles. The van der Waals surface area contributed by atoms with Crippen molar-refractivity contribution in [1.29, 1.82) is 0 Å². The van der Waals surface area contributed by atoms with Gasteiger partial charge in [0.1, 0.15) is 6.04 Å². The largest absolute Gasteiger partial charge is 0.453 e. The molecule has 0 bridgehead atoms. The summed E-state index contributed by atoms with van der Waals surface area (Å²) in [5, 5.41) is 20.5. The molecule has 4 rings (SSSR count).